The number of nitrogens with one attached hydrogen (secondary N) is 1. The molecule has 1 heteroatoms. The van der Waals surface area contributed by atoms with Gasteiger partial charge in [0.15, 0.2) is 0 Å². The van der Waals surface area contributed by atoms with Gasteiger partial charge in [0, 0.05) is 6.04 Å². The molecule has 3 saturated carbocycles. The Labute approximate surface area is 189 Å². The number of allylic oxidation sites excluding steroid dienone is 1. The lowest BCUT2D eigenvalue weighted by molar-refractivity contribution is -0.0513. The highest BCUT2D eigenvalue weighted by Crippen LogP contribution is 2.67. The molecule has 0 aromatic carbocycles. The molecule has 0 spiro atoms. The molecule has 0 aliphatic heterocycles. The molecule has 4 aliphatic carbocycles. The molecule has 1 nitrogen and oxygen atoms in total. The lowest BCUT2D eigenvalue weighted by Crippen LogP contribution is -2.51. The summed E-state index contributed by atoms with van der Waals surface area (Å²) in [5.74, 6) is 5.72. The van der Waals surface area contributed by atoms with Gasteiger partial charge in [-0.05, 0) is 105 Å². The van der Waals surface area contributed by atoms with Crippen molar-refractivity contribution < 1.29 is 0 Å². The molecule has 3 fully saturated rings. The summed E-state index contributed by atoms with van der Waals surface area (Å²) in [5.41, 5.74) is 2.96. The fraction of sp³-hybridized carbons (Fsp3) is 0.931. The van der Waals surface area contributed by atoms with E-state index in [9.17, 15) is 0 Å². The summed E-state index contributed by atoms with van der Waals surface area (Å²) >= 11 is 0. The third kappa shape index (κ3) is 4.06. The Balaban J connectivity index is 0.00000256. The fourth-order valence-electron chi connectivity index (χ4n) is 8.93. The predicted molar refractivity (Wildman–Crippen MR) is 133 cm³/mol. The molecular formula is C29H53N. The lowest BCUT2D eigenvalue weighted by Gasteiger charge is -2.58. The molecule has 0 aromatic heterocycles. The Morgan fingerprint density at radius 3 is 2.47 bits per heavy atom. The van der Waals surface area contributed by atoms with Crippen molar-refractivity contribution >= 4 is 0 Å². The van der Waals surface area contributed by atoms with E-state index in [1.807, 2.05) is 5.57 Å². The summed E-state index contributed by atoms with van der Waals surface area (Å²) < 4.78 is 0. The molecule has 0 bridgehead atoms. The van der Waals surface area contributed by atoms with Gasteiger partial charge in [0.25, 0.3) is 0 Å². The molecule has 174 valence electrons. The van der Waals surface area contributed by atoms with Gasteiger partial charge >= 0.3 is 0 Å². The number of fused-ring (bicyclic) bond motifs is 5. The van der Waals surface area contributed by atoms with Crippen LogP contribution in [-0.2, 0) is 0 Å². The van der Waals surface area contributed by atoms with Crippen molar-refractivity contribution in [2.75, 3.05) is 7.05 Å². The molecular weight excluding hydrogens is 362 g/mol. The van der Waals surface area contributed by atoms with E-state index in [2.05, 4.69) is 53.1 Å². The Morgan fingerprint density at radius 2 is 1.77 bits per heavy atom. The van der Waals surface area contributed by atoms with Crippen molar-refractivity contribution in [3.05, 3.63) is 11.6 Å². The zero-order valence-corrected chi connectivity index (χ0v) is 20.4. The van der Waals surface area contributed by atoms with Gasteiger partial charge in [-0.25, -0.2) is 0 Å². The van der Waals surface area contributed by atoms with Gasteiger partial charge in [-0.1, -0.05) is 73.0 Å². The van der Waals surface area contributed by atoms with Gasteiger partial charge in [0.2, 0.25) is 0 Å². The zero-order chi connectivity index (χ0) is 20.8. The van der Waals surface area contributed by atoms with E-state index >= 15 is 0 Å². The minimum absolute atomic E-state index is 0. The molecule has 4 rings (SSSR count). The molecule has 0 amide bonds. The van der Waals surface area contributed by atoms with Gasteiger partial charge < -0.3 is 5.32 Å². The highest BCUT2D eigenvalue weighted by atomic mass is 14.9. The lowest BCUT2D eigenvalue weighted by atomic mass is 9.47. The minimum atomic E-state index is 0. The molecule has 0 aromatic rings. The topological polar surface area (TPSA) is 12.0 Å². The molecule has 5 unspecified atom stereocenters. The number of hydrogen-bond acceptors (Lipinski definition) is 1. The predicted octanol–water partition coefficient (Wildman–Crippen LogP) is 8.25. The standard InChI is InChI=1S/C28H49N.CH4/c1-19(2)8-7-9-20(3)24-12-13-25-23-11-10-21-18-22(29-6)14-16-27(21,4)26(23)15-17-28(24,25)5;/h10,19-20,22-26,29H,7-9,11-18H2,1-6H3;1H4/t20-,22+,23+,24?,25?,26?,27?,28?;/m1./s1. The molecule has 1 N–H and O–H groups in total. The van der Waals surface area contributed by atoms with Crippen molar-refractivity contribution in [1.29, 1.82) is 0 Å². The van der Waals surface area contributed by atoms with Crippen LogP contribution in [0.3, 0.4) is 0 Å². The van der Waals surface area contributed by atoms with Gasteiger partial charge in [0.1, 0.15) is 0 Å². The van der Waals surface area contributed by atoms with Crippen LogP contribution in [0.4, 0.5) is 0 Å². The van der Waals surface area contributed by atoms with Crippen molar-refractivity contribution in [2.45, 2.75) is 119 Å². The Bertz CT molecular complexity index is 605. The van der Waals surface area contributed by atoms with Gasteiger partial charge in [-0.2, -0.15) is 0 Å². The maximum atomic E-state index is 3.57. The van der Waals surface area contributed by atoms with Gasteiger partial charge in [0.05, 0.1) is 0 Å². The van der Waals surface area contributed by atoms with E-state index in [1.54, 1.807) is 0 Å². The average Bonchev–Trinajstić information content (AvgIpc) is 3.04. The quantitative estimate of drug-likeness (QED) is 0.430. The highest BCUT2D eigenvalue weighted by Gasteiger charge is 2.59. The molecule has 0 radical (unpaired) electrons. The number of rotatable bonds is 6. The normalized spacial score (nSPS) is 43.8. The molecule has 30 heavy (non-hydrogen) atoms. The SMILES string of the molecule is C.CN[C@H]1CCC2(C)C(=CC[C@@H]3C2CCC2(C)C3CCC2[C@H](C)CCCC(C)C)C1. The van der Waals surface area contributed by atoms with Crippen molar-refractivity contribution in [3.63, 3.8) is 0 Å². The van der Waals surface area contributed by atoms with Crippen LogP contribution in [-0.4, -0.2) is 13.1 Å². The highest BCUT2D eigenvalue weighted by molar-refractivity contribution is 5.25. The largest absolute Gasteiger partial charge is 0.317 e. The molecule has 4 aliphatic rings. The summed E-state index contributed by atoms with van der Waals surface area (Å²) in [6, 6.07) is 0.724. The first-order valence-electron chi connectivity index (χ1n) is 13.2. The van der Waals surface area contributed by atoms with Crippen molar-refractivity contribution in [1.82, 2.24) is 5.32 Å². The monoisotopic (exact) mass is 415 g/mol. The summed E-state index contributed by atoms with van der Waals surface area (Å²) in [6.45, 7) is 12.8. The first-order valence-corrected chi connectivity index (χ1v) is 13.2. The van der Waals surface area contributed by atoms with Crippen LogP contribution in [0.1, 0.15) is 113 Å². The van der Waals surface area contributed by atoms with Gasteiger partial charge in [-0.15, -0.1) is 0 Å². The van der Waals surface area contributed by atoms with Crippen molar-refractivity contribution in [3.8, 4) is 0 Å². The average molecular weight is 416 g/mol. The Kier molecular flexibility index (Phi) is 7.53. The second kappa shape index (κ2) is 9.29. The smallest absolute Gasteiger partial charge is 0.0102 e. The van der Waals surface area contributed by atoms with E-state index in [0.29, 0.717) is 10.8 Å². The molecule has 8 atom stereocenters. The third-order valence-corrected chi connectivity index (χ3v) is 10.7. The van der Waals surface area contributed by atoms with E-state index in [4.69, 9.17) is 0 Å². The van der Waals surface area contributed by atoms with Crippen LogP contribution in [0.15, 0.2) is 11.6 Å². The zero-order valence-electron chi connectivity index (χ0n) is 20.4. The molecule has 0 saturated heterocycles. The Morgan fingerprint density at radius 1 is 1.00 bits per heavy atom. The second-order valence-electron chi connectivity index (χ2n) is 12.5. The Hall–Kier alpha value is -0.300. The van der Waals surface area contributed by atoms with Gasteiger partial charge in [-0.3, -0.25) is 0 Å². The summed E-state index contributed by atoms with van der Waals surface area (Å²) in [7, 11) is 2.16. The minimum Gasteiger partial charge on any atom is -0.317 e. The second-order valence-corrected chi connectivity index (χ2v) is 12.5. The van der Waals surface area contributed by atoms with E-state index in [0.717, 1.165) is 41.5 Å². The van der Waals surface area contributed by atoms with Crippen LogP contribution in [0.25, 0.3) is 0 Å². The van der Waals surface area contributed by atoms with Crippen LogP contribution >= 0.6 is 0 Å². The third-order valence-electron chi connectivity index (χ3n) is 10.7. The van der Waals surface area contributed by atoms with Crippen LogP contribution < -0.4 is 5.32 Å². The summed E-state index contributed by atoms with van der Waals surface area (Å²) in [6.07, 6.45) is 18.6. The maximum absolute atomic E-state index is 3.57. The fourth-order valence-corrected chi connectivity index (χ4v) is 8.93. The van der Waals surface area contributed by atoms with Crippen LogP contribution in [0.2, 0.25) is 0 Å². The first-order chi connectivity index (χ1) is 13.8. The number of hydrogen-bond donors (Lipinski definition) is 1. The van der Waals surface area contributed by atoms with E-state index < -0.39 is 0 Å². The maximum Gasteiger partial charge on any atom is 0.0102 e. The first kappa shape index (κ1) is 24.3. The van der Waals surface area contributed by atoms with Crippen LogP contribution in [0.5, 0.6) is 0 Å². The summed E-state index contributed by atoms with van der Waals surface area (Å²) in [4.78, 5) is 0. The van der Waals surface area contributed by atoms with E-state index in [-0.39, 0.29) is 7.43 Å². The molecule has 0 heterocycles. The van der Waals surface area contributed by atoms with E-state index in [1.165, 1.54) is 70.6 Å². The summed E-state index contributed by atoms with van der Waals surface area (Å²) in [5, 5.41) is 3.57. The van der Waals surface area contributed by atoms with Crippen molar-refractivity contribution in [2.24, 2.45) is 46.3 Å². The van der Waals surface area contributed by atoms with Crippen LogP contribution in [0, 0.1) is 46.3 Å².